The van der Waals surface area contributed by atoms with Crippen LogP contribution < -0.4 is 4.90 Å². The van der Waals surface area contributed by atoms with Gasteiger partial charge in [-0.15, -0.1) is 0 Å². The molecule has 2 aromatic rings. The lowest BCUT2D eigenvalue weighted by Gasteiger charge is -2.26. The highest BCUT2D eigenvalue weighted by Crippen LogP contribution is 2.37. The molecule has 0 amide bonds. The maximum atomic E-state index is 9.21. The Morgan fingerprint density at radius 3 is 2.06 bits per heavy atom. The largest absolute Gasteiger partial charge is 0.395 e. The molecule has 0 aliphatic carbocycles. The van der Waals surface area contributed by atoms with Crippen LogP contribution in [0.4, 0.5) is 11.4 Å². The Hall–Kier alpha value is -1.22. The van der Waals surface area contributed by atoms with Gasteiger partial charge in [-0.3, -0.25) is 0 Å². The van der Waals surface area contributed by atoms with Gasteiger partial charge >= 0.3 is 0 Å². The third kappa shape index (κ3) is 2.78. The zero-order chi connectivity index (χ0) is 13.0. The first-order chi connectivity index (χ1) is 8.74. The van der Waals surface area contributed by atoms with Gasteiger partial charge < -0.3 is 10.0 Å². The van der Waals surface area contributed by atoms with Gasteiger partial charge in [0, 0.05) is 12.2 Å². The molecule has 0 aliphatic heterocycles. The summed E-state index contributed by atoms with van der Waals surface area (Å²) in [6, 6.07) is 15.1. The Morgan fingerprint density at radius 1 is 0.889 bits per heavy atom. The molecular weight excluding hydrogens is 269 g/mol. The molecule has 0 atom stereocenters. The third-order valence-corrected chi connectivity index (χ3v) is 3.21. The van der Waals surface area contributed by atoms with Crippen molar-refractivity contribution in [3.63, 3.8) is 0 Å². The summed E-state index contributed by atoms with van der Waals surface area (Å²) in [6.45, 7) is 0.462. The Morgan fingerprint density at radius 2 is 1.50 bits per heavy atom. The van der Waals surface area contributed by atoms with Gasteiger partial charge in [0.05, 0.1) is 22.3 Å². The van der Waals surface area contributed by atoms with E-state index in [4.69, 9.17) is 23.2 Å². The summed E-state index contributed by atoms with van der Waals surface area (Å²) in [4.78, 5) is 1.91. The van der Waals surface area contributed by atoms with Gasteiger partial charge in [-0.2, -0.15) is 0 Å². The molecule has 2 rings (SSSR count). The highest BCUT2D eigenvalue weighted by Gasteiger charge is 2.15. The van der Waals surface area contributed by atoms with Crippen molar-refractivity contribution < 1.29 is 5.11 Å². The average Bonchev–Trinajstić information content (AvgIpc) is 2.38. The van der Waals surface area contributed by atoms with E-state index >= 15 is 0 Å². The van der Waals surface area contributed by atoms with Gasteiger partial charge in [0.25, 0.3) is 0 Å². The van der Waals surface area contributed by atoms with Crippen LogP contribution in [0.5, 0.6) is 0 Å². The minimum absolute atomic E-state index is 0.0243. The van der Waals surface area contributed by atoms with Crippen molar-refractivity contribution in [1.82, 2.24) is 0 Å². The summed E-state index contributed by atoms with van der Waals surface area (Å²) >= 11 is 12.4. The average molecular weight is 282 g/mol. The van der Waals surface area contributed by atoms with Crippen LogP contribution in [-0.2, 0) is 0 Å². The first kappa shape index (κ1) is 13.2. The van der Waals surface area contributed by atoms with Crippen molar-refractivity contribution in [2.75, 3.05) is 18.1 Å². The first-order valence-electron chi connectivity index (χ1n) is 5.61. The molecule has 0 heterocycles. The molecule has 18 heavy (non-hydrogen) atoms. The predicted octanol–water partition coefficient (Wildman–Crippen LogP) is 4.12. The topological polar surface area (TPSA) is 23.5 Å². The number of hydrogen-bond donors (Lipinski definition) is 1. The zero-order valence-electron chi connectivity index (χ0n) is 9.68. The highest BCUT2D eigenvalue weighted by molar-refractivity contribution is 6.39. The molecule has 0 bridgehead atoms. The lowest BCUT2D eigenvalue weighted by atomic mass is 10.2. The molecule has 0 fully saturated rings. The van der Waals surface area contributed by atoms with E-state index in [1.165, 1.54) is 0 Å². The second-order valence-corrected chi connectivity index (χ2v) is 4.60. The molecule has 0 aliphatic rings. The van der Waals surface area contributed by atoms with E-state index < -0.39 is 0 Å². The van der Waals surface area contributed by atoms with Crippen LogP contribution in [0.3, 0.4) is 0 Å². The van der Waals surface area contributed by atoms with Crippen LogP contribution >= 0.6 is 23.2 Å². The standard InChI is InChI=1S/C14H13Cl2NO/c15-12-7-4-8-13(16)14(12)17(9-10-18)11-5-2-1-3-6-11/h1-8,18H,9-10H2. The molecular formula is C14H13Cl2NO. The van der Waals surface area contributed by atoms with Crippen molar-refractivity contribution in [2.45, 2.75) is 0 Å². The monoisotopic (exact) mass is 281 g/mol. The second-order valence-electron chi connectivity index (χ2n) is 3.78. The van der Waals surface area contributed by atoms with Gasteiger partial charge in [-0.05, 0) is 24.3 Å². The number of aliphatic hydroxyl groups is 1. The van der Waals surface area contributed by atoms with Crippen LogP contribution in [0, 0.1) is 0 Å². The third-order valence-electron chi connectivity index (χ3n) is 2.60. The van der Waals surface area contributed by atoms with Crippen molar-refractivity contribution in [2.24, 2.45) is 0 Å². The van der Waals surface area contributed by atoms with Crippen molar-refractivity contribution in [3.05, 3.63) is 58.6 Å². The van der Waals surface area contributed by atoms with E-state index in [0.29, 0.717) is 16.6 Å². The summed E-state index contributed by atoms with van der Waals surface area (Å²) < 4.78 is 0. The maximum absolute atomic E-state index is 9.21. The minimum atomic E-state index is 0.0243. The smallest absolute Gasteiger partial charge is 0.0790 e. The molecule has 94 valence electrons. The fourth-order valence-corrected chi connectivity index (χ4v) is 2.43. The summed E-state index contributed by atoms with van der Waals surface area (Å²) in [5.41, 5.74) is 1.67. The predicted molar refractivity (Wildman–Crippen MR) is 77.0 cm³/mol. The molecule has 0 aromatic heterocycles. The van der Waals surface area contributed by atoms with E-state index in [-0.39, 0.29) is 6.61 Å². The quantitative estimate of drug-likeness (QED) is 0.911. The van der Waals surface area contributed by atoms with Crippen LogP contribution in [0.2, 0.25) is 10.0 Å². The number of rotatable bonds is 4. The van der Waals surface area contributed by atoms with Crippen molar-refractivity contribution >= 4 is 34.6 Å². The van der Waals surface area contributed by atoms with Crippen LogP contribution in [0.25, 0.3) is 0 Å². The van der Waals surface area contributed by atoms with Crippen molar-refractivity contribution in [1.29, 1.82) is 0 Å². The van der Waals surface area contributed by atoms with E-state index in [9.17, 15) is 5.11 Å². The highest BCUT2D eigenvalue weighted by atomic mass is 35.5. The van der Waals surface area contributed by atoms with E-state index in [1.54, 1.807) is 18.2 Å². The Labute approximate surface area is 116 Å². The van der Waals surface area contributed by atoms with Gasteiger partial charge in [0.2, 0.25) is 0 Å². The van der Waals surface area contributed by atoms with Crippen LogP contribution in [0.1, 0.15) is 0 Å². The molecule has 0 saturated carbocycles. The minimum Gasteiger partial charge on any atom is -0.395 e. The van der Waals surface area contributed by atoms with E-state index in [0.717, 1.165) is 11.4 Å². The molecule has 1 N–H and O–H groups in total. The summed E-state index contributed by atoms with van der Waals surface area (Å²) in [6.07, 6.45) is 0. The number of nitrogens with zero attached hydrogens (tertiary/aromatic N) is 1. The molecule has 0 radical (unpaired) electrons. The van der Waals surface area contributed by atoms with Gasteiger partial charge in [-0.25, -0.2) is 0 Å². The number of hydrogen-bond acceptors (Lipinski definition) is 2. The number of para-hydroxylation sites is 2. The SMILES string of the molecule is OCCN(c1ccccc1)c1c(Cl)cccc1Cl. The number of halogens is 2. The number of anilines is 2. The van der Waals surface area contributed by atoms with E-state index in [2.05, 4.69) is 0 Å². The molecule has 0 spiro atoms. The molecule has 0 saturated heterocycles. The summed E-state index contributed by atoms with van der Waals surface area (Å²) in [7, 11) is 0. The van der Waals surface area contributed by atoms with E-state index in [1.807, 2.05) is 35.2 Å². The summed E-state index contributed by atoms with van der Waals surface area (Å²) in [5.74, 6) is 0. The van der Waals surface area contributed by atoms with Crippen LogP contribution in [-0.4, -0.2) is 18.3 Å². The lowest BCUT2D eigenvalue weighted by molar-refractivity contribution is 0.305. The van der Waals surface area contributed by atoms with Gasteiger partial charge in [-0.1, -0.05) is 47.5 Å². The van der Waals surface area contributed by atoms with Crippen LogP contribution in [0.15, 0.2) is 48.5 Å². The Balaban J connectivity index is 2.48. The lowest BCUT2D eigenvalue weighted by Crippen LogP contribution is -2.21. The zero-order valence-corrected chi connectivity index (χ0v) is 11.2. The maximum Gasteiger partial charge on any atom is 0.0790 e. The van der Waals surface area contributed by atoms with Gasteiger partial charge in [0.1, 0.15) is 0 Å². The summed E-state index contributed by atoms with van der Waals surface area (Å²) in [5, 5.41) is 10.4. The Kier molecular flexibility index (Phi) is 4.48. The van der Waals surface area contributed by atoms with Gasteiger partial charge in [0.15, 0.2) is 0 Å². The molecule has 2 aromatic carbocycles. The van der Waals surface area contributed by atoms with Crippen molar-refractivity contribution in [3.8, 4) is 0 Å². The fraction of sp³-hybridized carbons (Fsp3) is 0.143. The first-order valence-corrected chi connectivity index (χ1v) is 6.37. The Bertz CT molecular complexity index is 496. The normalized spacial score (nSPS) is 10.4. The number of aliphatic hydroxyl groups excluding tert-OH is 1. The number of benzene rings is 2. The fourth-order valence-electron chi connectivity index (χ4n) is 1.82. The molecule has 0 unspecified atom stereocenters. The second kappa shape index (κ2) is 6.10. The molecule has 4 heteroatoms. The molecule has 2 nitrogen and oxygen atoms in total.